The molecule has 0 saturated carbocycles. The van der Waals surface area contributed by atoms with Gasteiger partial charge in [0.15, 0.2) is 0 Å². The van der Waals surface area contributed by atoms with Crippen LogP contribution >= 0.6 is 0 Å². The largest absolute Gasteiger partial charge is 0.416 e. The standard InChI is InChI=1S/C13H15F3O2/c14-13(15,16)11-5-3-9(4-6-11)12(17)10-2-1-7-18-8-10/h3-6,10,12,17H,1-2,7-8H2. The summed E-state index contributed by atoms with van der Waals surface area (Å²) in [5.41, 5.74) is -0.183. The summed E-state index contributed by atoms with van der Waals surface area (Å²) in [7, 11) is 0. The van der Waals surface area contributed by atoms with Crippen LogP contribution in [0.3, 0.4) is 0 Å². The molecule has 2 atom stereocenters. The van der Waals surface area contributed by atoms with Crippen molar-refractivity contribution in [3.05, 3.63) is 35.4 Å². The smallest absolute Gasteiger partial charge is 0.388 e. The molecule has 1 aliphatic heterocycles. The van der Waals surface area contributed by atoms with Crippen LogP contribution in [0.1, 0.15) is 30.1 Å². The average Bonchev–Trinajstić information content (AvgIpc) is 2.38. The molecule has 0 bridgehead atoms. The highest BCUT2D eigenvalue weighted by Gasteiger charge is 2.31. The third-order valence-electron chi connectivity index (χ3n) is 3.22. The van der Waals surface area contributed by atoms with Gasteiger partial charge >= 0.3 is 6.18 Å². The Balaban J connectivity index is 2.09. The summed E-state index contributed by atoms with van der Waals surface area (Å²) in [5.74, 6) is -0.0320. The number of aliphatic hydroxyl groups excluding tert-OH is 1. The van der Waals surface area contributed by atoms with Gasteiger partial charge in [-0.2, -0.15) is 13.2 Å². The summed E-state index contributed by atoms with van der Waals surface area (Å²) < 4.78 is 42.4. The highest BCUT2D eigenvalue weighted by Crippen LogP contribution is 2.32. The Bertz CT molecular complexity index is 380. The molecular weight excluding hydrogens is 245 g/mol. The molecule has 0 amide bonds. The average molecular weight is 260 g/mol. The van der Waals surface area contributed by atoms with E-state index < -0.39 is 17.8 Å². The van der Waals surface area contributed by atoms with E-state index in [9.17, 15) is 18.3 Å². The summed E-state index contributed by atoms with van der Waals surface area (Å²) in [5, 5.41) is 10.1. The third-order valence-corrected chi connectivity index (χ3v) is 3.22. The zero-order valence-corrected chi connectivity index (χ0v) is 9.78. The van der Waals surface area contributed by atoms with Gasteiger partial charge in [0.05, 0.1) is 18.3 Å². The summed E-state index contributed by atoms with van der Waals surface area (Å²) in [6.07, 6.45) is -3.38. The molecule has 2 rings (SSSR count). The first-order valence-corrected chi connectivity index (χ1v) is 5.91. The molecule has 0 aliphatic carbocycles. The number of halogens is 3. The predicted molar refractivity (Wildman–Crippen MR) is 59.9 cm³/mol. The van der Waals surface area contributed by atoms with Crippen molar-refractivity contribution in [1.82, 2.24) is 0 Å². The van der Waals surface area contributed by atoms with Gasteiger partial charge in [-0.25, -0.2) is 0 Å². The Morgan fingerprint density at radius 3 is 2.39 bits per heavy atom. The van der Waals surface area contributed by atoms with Crippen LogP contribution < -0.4 is 0 Å². The van der Waals surface area contributed by atoms with Gasteiger partial charge in [-0.05, 0) is 30.5 Å². The molecule has 2 unspecified atom stereocenters. The van der Waals surface area contributed by atoms with Gasteiger partial charge in [0, 0.05) is 12.5 Å². The van der Waals surface area contributed by atoms with Gasteiger partial charge < -0.3 is 9.84 Å². The first-order chi connectivity index (χ1) is 8.48. The minimum atomic E-state index is -4.34. The van der Waals surface area contributed by atoms with Crippen molar-refractivity contribution in [2.45, 2.75) is 25.1 Å². The fourth-order valence-electron chi connectivity index (χ4n) is 2.16. The Morgan fingerprint density at radius 2 is 1.89 bits per heavy atom. The van der Waals surface area contributed by atoms with E-state index in [4.69, 9.17) is 4.74 Å². The highest BCUT2D eigenvalue weighted by atomic mass is 19.4. The minimum absolute atomic E-state index is 0.0320. The third kappa shape index (κ3) is 3.03. The van der Waals surface area contributed by atoms with Crippen LogP contribution in [0.25, 0.3) is 0 Å². The normalized spacial score (nSPS) is 22.8. The Kier molecular flexibility index (Phi) is 3.92. The molecule has 1 heterocycles. The van der Waals surface area contributed by atoms with Crippen LogP contribution in [-0.2, 0) is 10.9 Å². The summed E-state index contributed by atoms with van der Waals surface area (Å²) in [6, 6.07) is 4.68. The molecule has 1 fully saturated rings. The number of aliphatic hydroxyl groups is 1. The number of ether oxygens (including phenoxy) is 1. The quantitative estimate of drug-likeness (QED) is 0.885. The molecule has 0 radical (unpaired) electrons. The molecule has 1 aromatic carbocycles. The van der Waals surface area contributed by atoms with Gasteiger partial charge in [0.25, 0.3) is 0 Å². The molecule has 0 spiro atoms. The Hall–Kier alpha value is -1.07. The fraction of sp³-hybridized carbons (Fsp3) is 0.538. The maximum absolute atomic E-state index is 12.4. The monoisotopic (exact) mass is 260 g/mol. The van der Waals surface area contributed by atoms with Crippen molar-refractivity contribution in [1.29, 1.82) is 0 Å². The lowest BCUT2D eigenvalue weighted by Crippen LogP contribution is -2.23. The van der Waals surface area contributed by atoms with Crippen molar-refractivity contribution in [3.63, 3.8) is 0 Å². The molecular formula is C13H15F3O2. The Labute approximate surface area is 103 Å². The van der Waals surface area contributed by atoms with Crippen molar-refractivity contribution < 1.29 is 23.0 Å². The number of benzene rings is 1. The van der Waals surface area contributed by atoms with Crippen LogP contribution in [0.15, 0.2) is 24.3 Å². The first kappa shape index (κ1) is 13.4. The van der Waals surface area contributed by atoms with Gasteiger partial charge in [-0.1, -0.05) is 12.1 Å². The molecule has 100 valence electrons. The van der Waals surface area contributed by atoms with Crippen molar-refractivity contribution >= 4 is 0 Å². The second kappa shape index (κ2) is 5.28. The van der Waals surface area contributed by atoms with Crippen LogP contribution in [-0.4, -0.2) is 18.3 Å². The summed E-state index contributed by atoms with van der Waals surface area (Å²) in [6.45, 7) is 1.15. The van der Waals surface area contributed by atoms with E-state index in [0.29, 0.717) is 18.8 Å². The van der Waals surface area contributed by atoms with Gasteiger partial charge in [-0.3, -0.25) is 0 Å². The highest BCUT2D eigenvalue weighted by molar-refractivity contribution is 5.26. The number of hydrogen-bond donors (Lipinski definition) is 1. The lowest BCUT2D eigenvalue weighted by Gasteiger charge is -2.27. The van der Waals surface area contributed by atoms with Gasteiger partial charge in [0.2, 0.25) is 0 Å². The first-order valence-electron chi connectivity index (χ1n) is 5.91. The molecule has 18 heavy (non-hydrogen) atoms. The molecule has 1 N–H and O–H groups in total. The zero-order valence-electron chi connectivity index (χ0n) is 9.78. The van der Waals surface area contributed by atoms with E-state index in [1.165, 1.54) is 12.1 Å². The molecule has 1 aromatic rings. The van der Waals surface area contributed by atoms with Gasteiger partial charge in [0.1, 0.15) is 0 Å². The van der Waals surface area contributed by atoms with Crippen molar-refractivity contribution in [2.75, 3.05) is 13.2 Å². The number of hydrogen-bond acceptors (Lipinski definition) is 2. The van der Waals surface area contributed by atoms with Gasteiger partial charge in [-0.15, -0.1) is 0 Å². The van der Waals surface area contributed by atoms with E-state index in [2.05, 4.69) is 0 Å². The predicted octanol–water partition coefficient (Wildman–Crippen LogP) is 3.17. The van der Waals surface area contributed by atoms with E-state index in [-0.39, 0.29) is 5.92 Å². The number of rotatable bonds is 2. The van der Waals surface area contributed by atoms with E-state index in [0.717, 1.165) is 25.0 Å². The SMILES string of the molecule is OC(c1ccc(C(F)(F)F)cc1)C1CCCOC1. The zero-order chi connectivity index (χ0) is 13.2. The fourth-order valence-corrected chi connectivity index (χ4v) is 2.16. The second-order valence-electron chi connectivity index (χ2n) is 4.54. The lowest BCUT2D eigenvalue weighted by atomic mass is 9.91. The topological polar surface area (TPSA) is 29.5 Å². The van der Waals surface area contributed by atoms with Crippen LogP contribution in [0.5, 0.6) is 0 Å². The van der Waals surface area contributed by atoms with E-state index in [1.54, 1.807) is 0 Å². The molecule has 0 aromatic heterocycles. The second-order valence-corrected chi connectivity index (χ2v) is 4.54. The summed E-state index contributed by atoms with van der Waals surface area (Å²) >= 11 is 0. The van der Waals surface area contributed by atoms with Crippen molar-refractivity contribution in [3.8, 4) is 0 Å². The van der Waals surface area contributed by atoms with Crippen LogP contribution in [0, 0.1) is 5.92 Å². The molecule has 1 saturated heterocycles. The van der Waals surface area contributed by atoms with Crippen molar-refractivity contribution in [2.24, 2.45) is 5.92 Å². The van der Waals surface area contributed by atoms with Crippen LogP contribution in [0.2, 0.25) is 0 Å². The van der Waals surface area contributed by atoms with Crippen LogP contribution in [0.4, 0.5) is 13.2 Å². The number of alkyl halides is 3. The summed E-state index contributed by atoms with van der Waals surface area (Å²) in [4.78, 5) is 0. The lowest BCUT2D eigenvalue weighted by molar-refractivity contribution is -0.137. The molecule has 1 aliphatic rings. The maximum Gasteiger partial charge on any atom is 0.416 e. The molecule has 5 heteroatoms. The minimum Gasteiger partial charge on any atom is -0.388 e. The van der Waals surface area contributed by atoms with E-state index in [1.807, 2.05) is 0 Å². The van der Waals surface area contributed by atoms with E-state index >= 15 is 0 Å². The Morgan fingerprint density at radius 1 is 1.22 bits per heavy atom. The maximum atomic E-state index is 12.4. The molecule has 2 nitrogen and oxygen atoms in total.